The normalized spacial score (nSPS) is 27.6. The molecule has 0 unspecified atom stereocenters. The van der Waals surface area contributed by atoms with Gasteiger partial charge in [0.25, 0.3) is 0 Å². The maximum atomic E-state index is 9.79. The highest BCUT2D eigenvalue weighted by Crippen LogP contribution is 2.24. The van der Waals surface area contributed by atoms with Crippen LogP contribution in [0.25, 0.3) is 0 Å². The molecule has 0 aliphatic carbocycles. The molecule has 0 spiro atoms. The summed E-state index contributed by atoms with van der Waals surface area (Å²) >= 11 is 0. The molecule has 0 aromatic carbocycles. The molecule has 0 saturated heterocycles. The topological polar surface area (TPSA) is 109 Å². The second-order valence-electron chi connectivity index (χ2n) is 4.72. The van der Waals surface area contributed by atoms with Gasteiger partial charge in [-0.1, -0.05) is 0 Å². The molecule has 0 amide bonds. The predicted octanol–water partition coefficient (Wildman–Crippen LogP) is 0.000600. The molecule has 2 heterocycles. The second-order valence-corrected chi connectivity index (χ2v) is 4.72. The molecule has 21 heavy (non-hydrogen) atoms. The molecule has 7 heteroatoms. The van der Waals surface area contributed by atoms with Crippen LogP contribution in [-0.2, 0) is 14.2 Å². The van der Waals surface area contributed by atoms with E-state index in [2.05, 4.69) is 0 Å². The van der Waals surface area contributed by atoms with Gasteiger partial charge < -0.3 is 34.6 Å². The van der Waals surface area contributed by atoms with Gasteiger partial charge in [-0.15, -0.1) is 0 Å². The first kappa shape index (κ1) is 15.6. The molecule has 0 aromatic heterocycles. The van der Waals surface area contributed by atoms with Gasteiger partial charge in [0, 0.05) is 36.1 Å². The van der Waals surface area contributed by atoms with Crippen molar-refractivity contribution in [3.8, 4) is 0 Å². The SMILES string of the molecule is OC1(O)C=COCCC1=COC=C1CCOC=CC1(O)O. The van der Waals surface area contributed by atoms with Gasteiger partial charge in [0.05, 0.1) is 38.3 Å². The summed E-state index contributed by atoms with van der Waals surface area (Å²) in [6, 6.07) is 0. The first-order chi connectivity index (χ1) is 9.92. The van der Waals surface area contributed by atoms with Crippen LogP contribution in [0, 0.1) is 0 Å². The number of hydrogen-bond acceptors (Lipinski definition) is 7. The highest BCUT2D eigenvalue weighted by molar-refractivity contribution is 5.21. The van der Waals surface area contributed by atoms with Crippen LogP contribution in [0.4, 0.5) is 0 Å². The summed E-state index contributed by atoms with van der Waals surface area (Å²) in [7, 11) is 0. The fraction of sp³-hybridized carbons (Fsp3) is 0.429. The molecule has 2 aliphatic rings. The molecule has 0 saturated carbocycles. The van der Waals surface area contributed by atoms with Gasteiger partial charge in [-0.05, 0) is 0 Å². The Hall–Kier alpha value is -1.80. The monoisotopic (exact) mass is 298 g/mol. The largest absolute Gasteiger partial charge is 0.501 e. The van der Waals surface area contributed by atoms with Crippen molar-refractivity contribution < 1.29 is 34.6 Å². The molecule has 0 aromatic rings. The number of ether oxygens (including phenoxy) is 3. The van der Waals surface area contributed by atoms with Gasteiger partial charge in [0.2, 0.25) is 11.6 Å². The second kappa shape index (κ2) is 6.31. The first-order valence-corrected chi connectivity index (χ1v) is 6.44. The van der Waals surface area contributed by atoms with E-state index >= 15 is 0 Å². The van der Waals surface area contributed by atoms with E-state index in [-0.39, 0.29) is 37.2 Å². The molecule has 116 valence electrons. The number of hydrogen-bond donors (Lipinski definition) is 4. The van der Waals surface area contributed by atoms with Gasteiger partial charge in [-0.3, -0.25) is 0 Å². The molecular weight excluding hydrogens is 280 g/mol. The molecule has 4 N–H and O–H groups in total. The van der Waals surface area contributed by atoms with Crippen molar-refractivity contribution in [2.24, 2.45) is 0 Å². The zero-order valence-corrected chi connectivity index (χ0v) is 11.3. The van der Waals surface area contributed by atoms with Crippen molar-refractivity contribution >= 4 is 0 Å². The third-order valence-corrected chi connectivity index (χ3v) is 3.14. The van der Waals surface area contributed by atoms with E-state index in [4.69, 9.17) is 14.2 Å². The minimum atomic E-state index is -2.16. The van der Waals surface area contributed by atoms with E-state index in [1.807, 2.05) is 0 Å². The Kier molecular flexibility index (Phi) is 4.69. The van der Waals surface area contributed by atoms with Crippen LogP contribution in [0.1, 0.15) is 12.8 Å². The van der Waals surface area contributed by atoms with E-state index in [0.29, 0.717) is 0 Å². The highest BCUT2D eigenvalue weighted by atomic mass is 16.5. The molecule has 2 rings (SSSR count). The Morgan fingerprint density at radius 2 is 1.29 bits per heavy atom. The minimum absolute atomic E-state index is 0.190. The fourth-order valence-corrected chi connectivity index (χ4v) is 1.83. The Bertz CT molecular complexity index is 442. The van der Waals surface area contributed by atoms with Gasteiger partial charge in [0.15, 0.2) is 0 Å². The van der Waals surface area contributed by atoms with Crippen molar-refractivity contribution in [1.82, 2.24) is 0 Å². The van der Waals surface area contributed by atoms with E-state index in [9.17, 15) is 20.4 Å². The molecule has 2 aliphatic heterocycles. The standard InChI is InChI=1S/C14H18O7/c15-13(16)3-7-19-5-1-11(13)9-21-10-12-2-6-20-8-4-14(12,17)18/h3-4,7-10,15-18H,1-2,5-6H2. The lowest BCUT2D eigenvalue weighted by Gasteiger charge is -2.20. The lowest BCUT2D eigenvalue weighted by atomic mass is 10.1. The summed E-state index contributed by atoms with van der Waals surface area (Å²) in [5, 5.41) is 39.2. The molecule has 7 nitrogen and oxygen atoms in total. The summed E-state index contributed by atoms with van der Waals surface area (Å²) in [6.07, 6.45) is 7.42. The van der Waals surface area contributed by atoms with E-state index in [0.717, 1.165) is 24.7 Å². The average Bonchev–Trinajstić information content (AvgIpc) is 2.67. The highest BCUT2D eigenvalue weighted by Gasteiger charge is 2.29. The summed E-state index contributed by atoms with van der Waals surface area (Å²) in [5.74, 6) is -4.31. The predicted molar refractivity (Wildman–Crippen MR) is 71.0 cm³/mol. The molecule has 0 atom stereocenters. The zero-order chi connectivity index (χ0) is 15.3. The van der Waals surface area contributed by atoms with Crippen molar-refractivity contribution in [2.45, 2.75) is 24.4 Å². The molecule has 0 fully saturated rings. The first-order valence-electron chi connectivity index (χ1n) is 6.44. The van der Waals surface area contributed by atoms with Crippen LogP contribution >= 0.6 is 0 Å². The van der Waals surface area contributed by atoms with E-state index in [1.54, 1.807) is 0 Å². The van der Waals surface area contributed by atoms with E-state index in [1.165, 1.54) is 12.5 Å². The van der Waals surface area contributed by atoms with Gasteiger partial charge in [-0.2, -0.15) is 0 Å². The van der Waals surface area contributed by atoms with Crippen LogP contribution in [0.2, 0.25) is 0 Å². The van der Waals surface area contributed by atoms with Gasteiger partial charge in [0.1, 0.15) is 0 Å². The van der Waals surface area contributed by atoms with E-state index < -0.39 is 11.6 Å². The molecule has 0 radical (unpaired) electrons. The van der Waals surface area contributed by atoms with Gasteiger partial charge >= 0.3 is 0 Å². The summed E-state index contributed by atoms with van der Waals surface area (Å²) < 4.78 is 15.1. The van der Waals surface area contributed by atoms with Gasteiger partial charge in [-0.25, -0.2) is 0 Å². The van der Waals surface area contributed by atoms with Crippen LogP contribution in [0.5, 0.6) is 0 Å². The third-order valence-electron chi connectivity index (χ3n) is 3.14. The van der Waals surface area contributed by atoms with Crippen molar-refractivity contribution in [3.63, 3.8) is 0 Å². The quantitative estimate of drug-likeness (QED) is 0.420. The average molecular weight is 298 g/mol. The number of rotatable bonds is 2. The maximum Gasteiger partial charge on any atom is 0.212 e. The van der Waals surface area contributed by atoms with Crippen molar-refractivity contribution in [2.75, 3.05) is 13.2 Å². The third kappa shape index (κ3) is 4.08. The smallest absolute Gasteiger partial charge is 0.212 e. The Labute approximate surface area is 121 Å². The molecular formula is C14H18O7. The van der Waals surface area contributed by atoms with Crippen molar-refractivity contribution in [3.05, 3.63) is 48.3 Å². The van der Waals surface area contributed by atoms with Crippen LogP contribution in [0.3, 0.4) is 0 Å². The number of aliphatic hydroxyl groups is 4. The van der Waals surface area contributed by atoms with Crippen LogP contribution in [-0.4, -0.2) is 45.2 Å². The zero-order valence-electron chi connectivity index (χ0n) is 11.3. The Balaban J connectivity index is 2.11. The summed E-state index contributed by atoms with van der Waals surface area (Å²) in [5.41, 5.74) is 0.380. The Morgan fingerprint density at radius 3 is 1.71 bits per heavy atom. The maximum absolute atomic E-state index is 9.79. The Morgan fingerprint density at radius 1 is 0.857 bits per heavy atom. The van der Waals surface area contributed by atoms with Crippen LogP contribution in [0.15, 0.2) is 48.3 Å². The summed E-state index contributed by atoms with van der Waals surface area (Å²) in [4.78, 5) is 0. The molecule has 0 bridgehead atoms. The lowest BCUT2D eigenvalue weighted by molar-refractivity contribution is -0.0884. The summed E-state index contributed by atoms with van der Waals surface area (Å²) in [6.45, 7) is 0.567. The minimum Gasteiger partial charge on any atom is -0.501 e. The fourth-order valence-electron chi connectivity index (χ4n) is 1.83. The van der Waals surface area contributed by atoms with Crippen LogP contribution < -0.4 is 0 Å². The van der Waals surface area contributed by atoms with Crippen molar-refractivity contribution in [1.29, 1.82) is 0 Å². The lowest BCUT2D eigenvalue weighted by Crippen LogP contribution is -2.28.